The molecule has 0 aromatic carbocycles. The first kappa shape index (κ1) is 29.4. The normalized spacial score (nSPS) is 28.4. The maximum Gasteiger partial charge on any atom is 0.243 e. The zero-order valence-corrected chi connectivity index (χ0v) is 22.9. The quantitative estimate of drug-likeness (QED) is 0.373. The van der Waals surface area contributed by atoms with E-state index in [4.69, 9.17) is 0 Å². The Morgan fingerprint density at radius 1 is 0.632 bits per heavy atom. The molecule has 3 aliphatic heterocycles. The molecule has 0 saturated carbocycles. The molecule has 3 saturated heterocycles. The second kappa shape index (κ2) is 13.1. The molecule has 4 atom stereocenters. The third kappa shape index (κ3) is 7.44. The molecule has 4 N–H and O–H groups in total. The van der Waals surface area contributed by atoms with E-state index >= 15 is 0 Å². The number of nitrogens with one attached hydrogen (secondary N) is 4. The highest BCUT2D eigenvalue weighted by atomic mass is 16.2. The zero-order valence-electron chi connectivity index (χ0n) is 22.9. The molecule has 212 valence electrons. The van der Waals surface area contributed by atoms with Crippen LogP contribution >= 0.6 is 0 Å². The number of fused-ring (bicyclic) bond motifs is 2. The van der Waals surface area contributed by atoms with Crippen LogP contribution in [0.3, 0.4) is 0 Å². The maximum absolute atomic E-state index is 13.2. The number of hydrogen-bond acceptors (Lipinski definition) is 6. The SMILES string of the molecule is CC(C)C[C@@H]1NC(=O)[C@@H]2CCCN2C(=O)CNC(=O)[C@H](CC(C)C)NC(=O)[C@@H]2CCCN2C(=O)CNC1=O. The van der Waals surface area contributed by atoms with E-state index in [0.717, 1.165) is 0 Å². The number of nitrogens with zero attached hydrogens (tertiary/aromatic N) is 2. The first-order valence-electron chi connectivity index (χ1n) is 13.7. The van der Waals surface area contributed by atoms with Crippen LogP contribution < -0.4 is 21.3 Å². The summed E-state index contributed by atoms with van der Waals surface area (Å²) in [7, 11) is 0. The van der Waals surface area contributed by atoms with Crippen molar-refractivity contribution in [3.8, 4) is 0 Å². The average molecular weight is 535 g/mol. The van der Waals surface area contributed by atoms with Crippen molar-refractivity contribution in [2.24, 2.45) is 11.8 Å². The van der Waals surface area contributed by atoms with Gasteiger partial charge in [-0.3, -0.25) is 28.8 Å². The van der Waals surface area contributed by atoms with Gasteiger partial charge in [0.15, 0.2) is 0 Å². The van der Waals surface area contributed by atoms with E-state index in [2.05, 4.69) is 21.3 Å². The molecule has 12 heteroatoms. The van der Waals surface area contributed by atoms with Gasteiger partial charge in [-0.05, 0) is 50.4 Å². The molecule has 0 unspecified atom stereocenters. The Hall–Kier alpha value is -3.18. The number of carbonyl (C=O) groups is 6. The number of carbonyl (C=O) groups excluding carboxylic acids is 6. The van der Waals surface area contributed by atoms with E-state index in [-0.39, 0.29) is 24.9 Å². The standard InChI is InChI=1S/C26H42N6O6/c1-15(2)11-17-23(35)27-13-21(33)32-10-6-8-20(32)26(38)30-18(12-16(3)4)24(36)28-14-22(34)31-9-5-7-19(31)25(37)29-17/h15-20H,5-14H2,1-4H3,(H,27,35)(H,28,36)(H,29,37)(H,30,38)/t17-,18-,19-,20-/m0/s1. The first-order chi connectivity index (χ1) is 18.0. The molecule has 3 aliphatic rings. The van der Waals surface area contributed by atoms with Gasteiger partial charge in [0.1, 0.15) is 24.2 Å². The van der Waals surface area contributed by atoms with Crippen LogP contribution in [0.25, 0.3) is 0 Å². The summed E-state index contributed by atoms with van der Waals surface area (Å²) in [6.45, 7) is 7.80. The Balaban J connectivity index is 1.87. The molecule has 3 rings (SSSR count). The molecule has 0 aromatic heterocycles. The molecular weight excluding hydrogens is 492 g/mol. The molecule has 0 bridgehead atoms. The summed E-state index contributed by atoms with van der Waals surface area (Å²) in [5, 5.41) is 10.8. The highest BCUT2D eigenvalue weighted by Crippen LogP contribution is 2.20. The molecule has 38 heavy (non-hydrogen) atoms. The predicted octanol–water partition coefficient (Wildman–Crippen LogP) is -0.724. The van der Waals surface area contributed by atoms with Crippen molar-refractivity contribution in [3.63, 3.8) is 0 Å². The van der Waals surface area contributed by atoms with E-state index in [0.29, 0.717) is 51.6 Å². The van der Waals surface area contributed by atoms with Crippen LogP contribution in [-0.2, 0) is 28.8 Å². The molecule has 0 radical (unpaired) electrons. The van der Waals surface area contributed by atoms with Crippen molar-refractivity contribution in [2.75, 3.05) is 26.2 Å². The lowest BCUT2D eigenvalue weighted by atomic mass is 10.0. The Bertz CT molecular complexity index is 863. The minimum absolute atomic E-state index is 0.0848. The largest absolute Gasteiger partial charge is 0.345 e. The van der Waals surface area contributed by atoms with Gasteiger partial charge >= 0.3 is 0 Å². The molecular formula is C26H42N6O6. The highest BCUT2D eigenvalue weighted by molar-refractivity contribution is 5.97. The van der Waals surface area contributed by atoms with E-state index in [1.54, 1.807) is 0 Å². The predicted molar refractivity (Wildman–Crippen MR) is 138 cm³/mol. The summed E-state index contributed by atoms with van der Waals surface area (Å²) in [4.78, 5) is 81.2. The fraction of sp³-hybridized carbons (Fsp3) is 0.769. The van der Waals surface area contributed by atoms with Gasteiger partial charge in [-0.15, -0.1) is 0 Å². The third-order valence-corrected chi connectivity index (χ3v) is 7.26. The monoisotopic (exact) mass is 534 g/mol. The number of amides is 6. The minimum Gasteiger partial charge on any atom is -0.345 e. The van der Waals surface area contributed by atoms with E-state index in [1.807, 2.05) is 27.7 Å². The molecule has 0 aromatic rings. The van der Waals surface area contributed by atoms with Gasteiger partial charge in [0, 0.05) is 13.1 Å². The van der Waals surface area contributed by atoms with Gasteiger partial charge in [-0.1, -0.05) is 27.7 Å². The maximum atomic E-state index is 13.2. The smallest absolute Gasteiger partial charge is 0.243 e. The fourth-order valence-corrected chi connectivity index (χ4v) is 5.39. The van der Waals surface area contributed by atoms with Crippen LogP contribution in [0.1, 0.15) is 66.2 Å². The summed E-state index contributed by atoms with van der Waals surface area (Å²) in [6, 6.07) is -3.25. The minimum atomic E-state index is -0.874. The van der Waals surface area contributed by atoms with Crippen LogP contribution in [-0.4, -0.2) is 95.6 Å². The van der Waals surface area contributed by atoms with Crippen molar-refractivity contribution in [2.45, 2.75) is 90.4 Å². The Kier molecular flexibility index (Phi) is 10.1. The fourth-order valence-electron chi connectivity index (χ4n) is 5.39. The van der Waals surface area contributed by atoms with Crippen LogP contribution in [0.15, 0.2) is 0 Å². The lowest BCUT2D eigenvalue weighted by Crippen LogP contribution is -2.58. The zero-order chi connectivity index (χ0) is 28.0. The first-order valence-corrected chi connectivity index (χ1v) is 13.7. The van der Waals surface area contributed by atoms with Gasteiger partial charge < -0.3 is 31.1 Å². The van der Waals surface area contributed by atoms with Crippen molar-refractivity contribution in [1.29, 1.82) is 0 Å². The summed E-state index contributed by atoms with van der Waals surface area (Å²) in [5.41, 5.74) is 0. The molecule has 0 spiro atoms. The van der Waals surface area contributed by atoms with Gasteiger partial charge in [0.05, 0.1) is 13.1 Å². The van der Waals surface area contributed by atoms with E-state index in [9.17, 15) is 28.8 Å². The molecule has 6 amide bonds. The second-order valence-corrected chi connectivity index (χ2v) is 11.3. The Labute approximate surface area is 224 Å². The van der Waals surface area contributed by atoms with Crippen LogP contribution in [0.5, 0.6) is 0 Å². The summed E-state index contributed by atoms with van der Waals surface area (Å²) < 4.78 is 0. The van der Waals surface area contributed by atoms with Gasteiger partial charge in [-0.25, -0.2) is 0 Å². The van der Waals surface area contributed by atoms with Gasteiger partial charge in [0.25, 0.3) is 0 Å². The average Bonchev–Trinajstić information content (AvgIpc) is 3.53. The Morgan fingerprint density at radius 3 is 1.34 bits per heavy atom. The van der Waals surface area contributed by atoms with Crippen molar-refractivity contribution < 1.29 is 28.8 Å². The summed E-state index contributed by atoms with van der Waals surface area (Å²) >= 11 is 0. The molecule has 12 nitrogen and oxygen atoms in total. The van der Waals surface area contributed by atoms with Crippen LogP contribution in [0, 0.1) is 11.8 Å². The highest BCUT2D eigenvalue weighted by Gasteiger charge is 2.38. The van der Waals surface area contributed by atoms with Crippen molar-refractivity contribution in [1.82, 2.24) is 31.1 Å². The summed E-state index contributed by atoms with van der Waals surface area (Å²) in [6.07, 6.45) is 2.85. The lowest BCUT2D eigenvalue weighted by Gasteiger charge is -2.29. The summed E-state index contributed by atoms with van der Waals surface area (Å²) in [5.74, 6) is -2.46. The van der Waals surface area contributed by atoms with Gasteiger partial charge in [-0.2, -0.15) is 0 Å². The van der Waals surface area contributed by atoms with Crippen molar-refractivity contribution >= 4 is 35.4 Å². The molecule has 3 heterocycles. The molecule has 0 aliphatic carbocycles. The molecule has 3 fully saturated rings. The third-order valence-electron chi connectivity index (χ3n) is 7.26. The van der Waals surface area contributed by atoms with E-state index < -0.39 is 59.6 Å². The topological polar surface area (TPSA) is 157 Å². The van der Waals surface area contributed by atoms with Gasteiger partial charge in [0.2, 0.25) is 35.4 Å². The second-order valence-electron chi connectivity index (χ2n) is 11.3. The van der Waals surface area contributed by atoms with Crippen molar-refractivity contribution in [3.05, 3.63) is 0 Å². The van der Waals surface area contributed by atoms with Crippen LogP contribution in [0.4, 0.5) is 0 Å². The number of hydrogen-bond donors (Lipinski definition) is 4. The van der Waals surface area contributed by atoms with Crippen LogP contribution in [0.2, 0.25) is 0 Å². The lowest BCUT2D eigenvalue weighted by molar-refractivity contribution is -0.142. The number of rotatable bonds is 4. The Morgan fingerprint density at radius 2 is 1.00 bits per heavy atom. The van der Waals surface area contributed by atoms with E-state index in [1.165, 1.54) is 9.80 Å².